The zero-order valence-electron chi connectivity index (χ0n) is 15.3. The molecule has 0 atom stereocenters. The summed E-state index contributed by atoms with van der Waals surface area (Å²) in [6.45, 7) is 1.83. The lowest BCUT2D eigenvalue weighted by Gasteiger charge is -2.15. The molecule has 29 heavy (non-hydrogen) atoms. The molecule has 1 aromatic carbocycles. The number of fused-ring (bicyclic) bond motifs is 1. The van der Waals surface area contributed by atoms with E-state index < -0.39 is 17.6 Å². The SMILES string of the molecule is CCc1ccc(C(F)(F)F)cc1-n1cc(-c2ncnn3cccc23)cc1C(N)=O. The van der Waals surface area contributed by atoms with Crippen molar-refractivity contribution in [3.8, 4) is 16.9 Å². The highest BCUT2D eigenvalue weighted by Gasteiger charge is 2.31. The van der Waals surface area contributed by atoms with Crippen molar-refractivity contribution in [2.75, 3.05) is 0 Å². The predicted octanol–water partition coefficient (Wildman–Crippen LogP) is 3.87. The molecule has 148 valence electrons. The van der Waals surface area contributed by atoms with Crippen molar-refractivity contribution in [1.82, 2.24) is 19.2 Å². The molecule has 0 spiro atoms. The Morgan fingerprint density at radius 3 is 2.69 bits per heavy atom. The second-order valence-corrected chi connectivity index (χ2v) is 6.49. The number of halogens is 3. The first-order chi connectivity index (χ1) is 13.8. The van der Waals surface area contributed by atoms with E-state index in [1.807, 2.05) is 6.92 Å². The monoisotopic (exact) mass is 399 g/mol. The number of primary amides is 1. The summed E-state index contributed by atoms with van der Waals surface area (Å²) in [6, 6.07) is 8.60. The first-order valence-electron chi connectivity index (χ1n) is 8.81. The first kappa shape index (κ1) is 18.7. The molecule has 2 N–H and O–H groups in total. The zero-order valence-corrected chi connectivity index (χ0v) is 15.3. The van der Waals surface area contributed by atoms with Gasteiger partial charge in [-0.3, -0.25) is 4.79 Å². The number of nitrogens with zero attached hydrogens (tertiary/aromatic N) is 4. The standard InChI is InChI=1S/C20H16F3N5O/c1-2-12-5-6-14(20(21,22)23)9-16(12)27-10-13(8-17(27)19(24)29)18-15-4-3-7-28(15)26-11-25-18/h3-11H,2H2,1H3,(H2,24,29). The Balaban J connectivity index is 1.96. The van der Waals surface area contributed by atoms with Crippen LogP contribution in [-0.4, -0.2) is 25.1 Å². The van der Waals surface area contributed by atoms with Crippen molar-refractivity contribution in [2.24, 2.45) is 5.73 Å². The fourth-order valence-corrected chi connectivity index (χ4v) is 3.33. The summed E-state index contributed by atoms with van der Waals surface area (Å²) in [6.07, 6.45) is 0.661. The van der Waals surface area contributed by atoms with Gasteiger partial charge in [-0.1, -0.05) is 13.0 Å². The summed E-state index contributed by atoms with van der Waals surface area (Å²) in [5, 5.41) is 4.10. The molecule has 4 rings (SSSR count). The van der Waals surface area contributed by atoms with Gasteiger partial charge in [-0.2, -0.15) is 18.3 Å². The molecule has 1 amide bonds. The third-order valence-electron chi connectivity index (χ3n) is 4.73. The highest BCUT2D eigenvalue weighted by atomic mass is 19.4. The lowest BCUT2D eigenvalue weighted by Crippen LogP contribution is -2.17. The molecule has 0 saturated heterocycles. The smallest absolute Gasteiger partial charge is 0.364 e. The van der Waals surface area contributed by atoms with Gasteiger partial charge in [-0.15, -0.1) is 0 Å². The Morgan fingerprint density at radius 1 is 1.21 bits per heavy atom. The van der Waals surface area contributed by atoms with Crippen LogP contribution in [0.1, 0.15) is 28.5 Å². The van der Waals surface area contributed by atoms with E-state index in [1.54, 1.807) is 29.0 Å². The number of hydrogen-bond donors (Lipinski definition) is 1. The fourth-order valence-electron chi connectivity index (χ4n) is 3.33. The Kier molecular flexibility index (Phi) is 4.37. The molecule has 0 unspecified atom stereocenters. The number of carbonyl (C=O) groups is 1. The van der Waals surface area contributed by atoms with Crippen LogP contribution >= 0.6 is 0 Å². The summed E-state index contributed by atoms with van der Waals surface area (Å²) < 4.78 is 42.8. The van der Waals surface area contributed by atoms with Crippen molar-refractivity contribution in [1.29, 1.82) is 0 Å². The maximum Gasteiger partial charge on any atom is 0.416 e. The Hall–Kier alpha value is -3.62. The third kappa shape index (κ3) is 3.24. The molecule has 0 fully saturated rings. The number of rotatable bonds is 4. The van der Waals surface area contributed by atoms with Crippen molar-refractivity contribution in [2.45, 2.75) is 19.5 Å². The van der Waals surface area contributed by atoms with Crippen LogP contribution in [0.4, 0.5) is 13.2 Å². The molecule has 0 radical (unpaired) electrons. The molecule has 0 saturated carbocycles. The fraction of sp³-hybridized carbons (Fsp3) is 0.150. The van der Waals surface area contributed by atoms with Gasteiger partial charge in [0.15, 0.2) is 0 Å². The summed E-state index contributed by atoms with van der Waals surface area (Å²) >= 11 is 0. The minimum atomic E-state index is -4.51. The van der Waals surface area contributed by atoms with Gasteiger partial charge in [0.2, 0.25) is 0 Å². The zero-order chi connectivity index (χ0) is 20.8. The minimum Gasteiger partial charge on any atom is -0.364 e. The summed E-state index contributed by atoms with van der Waals surface area (Å²) in [5.41, 5.74) is 7.48. The van der Waals surface area contributed by atoms with Crippen molar-refractivity contribution >= 4 is 11.4 Å². The maximum atomic E-state index is 13.3. The van der Waals surface area contributed by atoms with Crippen LogP contribution < -0.4 is 5.73 Å². The molecular formula is C20H16F3N5O. The van der Waals surface area contributed by atoms with Gasteiger partial charge in [0.25, 0.3) is 5.91 Å². The van der Waals surface area contributed by atoms with Crippen LogP contribution in [0.3, 0.4) is 0 Å². The lowest BCUT2D eigenvalue weighted by molar-refractivity contribution is -0.137. The highest BCUT2D eigenvalue weighted by Crippen LogP contribution is 2.33. The normalized spacial score (nSPS) is 11.9. The van der Waals surface area contributed by atoms with Crippen LogP contribution in [0.25, 0.3) is 22.5 Å². The Morgan fingerprint density at radius 2 is 2.00 bits per heavy atom. The van der Waals surface area contributed by atoms with E-state index in [0.717, 1.165) is 12.1 Å². The topological polar surface area (TPSA) is 78.2 Å². The lowest BCUT2D eigenvalue weighted by atomic mass is 10.1. The molecule has 6 nitrogen and oxygen atoms in total. The summed E-state index contributed by atoms with van der Waals surface area (Å²) in [7, 11) is 0. The highest BCUT2D eigenvalue weighted by molar-refractivity contribution is 5.94. The Bertz CT molecular complexity index is 1220. The van der Waals surface area contributed by atoms with Gasteiger partial charge >= 0.3 is 6.18 Å². The van der Waals surface area contributed by atoms with E-state index in [-0.39, 0.29) is 11.4 Å². The van der Waals surface area contributed by atoms with Crippen LogP contribution in [0.15, 0.2) is 55.1 Å². The number of aromatic nitrogens is 4. The van der Waals surface area contributed by atoms with Gasteiger partial charge in [-0.25, -0.2) is 9.50 Å². The van der Waals surface area contributed by atoms with Crippen LogP contribution in [-0.2, 0) is 12.6 Å². The number of amides is 1. The molecule has 0 aliphatic carbocycles. The van der Waals surface area contributed by atoms with E-state index in [2.05, 4.69) is 10.1 Å². The molecule has 4 aromatic rings. The van der Waals surface area contributed by atoms with E-state index in [9.17, 15) is 18.0 Å². The van der Waals surface area contributed by atoms with E-state index in [0.29, 0.717) is 28.8 Å². The number of aryl methyl sites for hydroxylation is 1. The predicted molar refractivity (Wildman–Crippen MR) is 101 cm³/mol. The van der Waals surface area contributed by atoms with Gasteiger partial charge in [0, 0.05) is 23.6 Å². The van der Waals surface area contributed by atoms with Crippen molar-refractivity contribution in [3.05, 3.63) is 71.9 Å². The van der Waals surface area contributed by atoms with Gasteiger partial charge in [0.05, 0.1) is 16.8 Å². The quantitative estimate of drug-likeness (QED) is 0.566. The third-order valence-corrected chi connectivity index (χ3v) is 4.73. The summed E-state index contributed by atoms with van der Waals surface area (Å²) in [4.78, 5) is 16.4. The molecule has 0 aliphatic heterocycles. The number of benzene rings is 1. The van der Waals surface area contributed by atoms with E-state index in [4.69, 9.17) is 5.73 Å². The molecule has 0 bridgehead atoms. The maximum absolute atomic E-state index is 13.3. The molecule has 9 heteroatoms. The minimum absolute atomic E-state index is 0.0670. The van der Waals surface area contributed by atoms with E-state index >= 15 is 0 Å². The molecule has 3 aromatic heterocycles. The number of hydrogen-bond acceptors (Lipinski definition) is 3. The van der Waals surface area contributed by atoms with Crippen LogP contribution in [0.2, 0.25) is 0 Å². The second-order valence-electron chi connectivity index (χ2n) is 6.49. The molecule has 3 heterocycles. The van der Waals surface area contributed by atoms with Gasteiger partial charge in [-0.05, 0) is 42.3 Å². The second kappa shape index (κ2) is 6.77. The van der Waals surface area contributed by atoms with Crippen LogP contribution in [0.5, 0.6) is 0 Å². The first-order valence-corrected chi connectivity index (χ1v) is 8.81. The van der Waals surface area contributed by atoms with Gasteiger partial charge in [0.1, 0.15) is 12.0 Å². The van der Waals surface area contributed by atoms with E-state index in [1.165, 1.54) is 23.0 Å². The number of alkyl halides is 3. The average molecular weight is 399 g/mol. The summed E-state index contributed by atoms with van der Waals surface area (Å²) in [5.74, 6) is -0.754. The largest absolute Gasteiger partial charge is 0.416 e. The van der Waals surface area contributed by atoms with Crippen molar-refractivity contribution < 1.29 is 18.0 Å². The van der Waals surface area contributed by atoms with Gasteiger partial charge < -0.3 is 10.3 Å². The Labute approximate surface area is 163 Å². The average Bonchev–Trinajstić information content (AvgIpc) is 3.33. The number of nitrogens with two attached hydrogens (primary N) is 1. The molecular weight excluding hydrogens is 383 g/mol. The van der Waals surface area contributed by atoms with Crippen LogP contribution in [0, 0.1) is 0 Å². The van der Waals surface area contributed by atoms with Crippen molar-refractivity contribution in [3.63, 3.8) is 0 Å². The molecule has 0 aliphatic rings. The number of carbonyl (C=O) groups excluding carboxylic acids is 1.